The maximum absolute atomic E-state index is 5.92. The maximum Gasteiger partial charge on any atom is 0.196 e. The molecule has 19 heavy (non-hydrogen) atoms. The fourth-order valence-corrected chi connectivity index (χ4v) is 3.05. The van der Waals surface area contributed by atoms with Crippen LogP contribution < -0.4 is 4.90 Å². The standard InChI is InChI=1S/C15H16N2OS/c1-3-17(4-2)14-10-9-12(18-14)15-16-11-7-5-6-8-13(11)19-15/h5-10H,3-4H2,1-2H3. The summed E-state index contributed by atoms with van der Waals surface area (Å²) in [4.78, 5) is 6.80. The van der Waals surface area contributed by atoms with Crippen LogP contribution in [0.5, 0.6) is 0 Å². The number of hydrogen-bond donors (Lipinski definition) is 0. The number of nitrogens with zero attached hydrogens (tertiary/aromatic N) is 2. The number of thiazole rings is 1. The second kappa shape index (κ2) is 5.05. The minimum Gasteiger partial charge on any atom is -0.438 e. The summed E-state index contributed by atoms with van der Waals surface area (Å²) in [6, 6.07) is 12.2. The van der Waals surface area contributed by atoms with Gasteiger partial charge in [-0.2, -0.15) is 0 Å². The molecule has 4 heteroatoms. The molecule has 2 heterocycles. The average molecular weight is 272 g/mol. The SMILES string of the molecule is CCN(CC)c1ccc(-c2nc3ccccc3s2)o1. The number of hydrogen-bond acceptors (Lipinski definition) is 4. The summed E-state index contributed by atoms with van der Waals surface area (Å²) in [7, 11) is 0. The highest BCUT2D eigenvalue weighted by atomic mass is 32.1. The van der Waals surface area contributed by atoms with Gasteiger partial charge in [-0.3, -0.25) is 0 Å². The van der Waals surface area contributed by atoms with Gasteiger partial charge in [0.1, 0.15) is 0 Å². The molecule has 1 aromatic carbocycles. The highest BCUT2D eigenvalue weighted by Gasteiger charge is 2.12. The Balaban J connectivity index is 1.97. The Kier molecular flexibility index (Phi) is 3.25. The van der Waals surface area contributed by atoms with E-state index in [1.165, 1.54) is 4.70 Å². The lowest BCUT2D eigenvalue weighted by molar-refractivity contribution is 0.562. The van der Waals surface area contributed by atoms with E-state index in [9.17, 15) is 0 Å². The van der Waals surface area contributed by atoms with Gasteiger partial charge in [-0.1, -0.05) is 12.1 Å². The molecular formula is C15H16N2OS. The van der Waals surface area contributed by atoms with Crippen molar-refractivity contribution < 1.29 is 4.42 Å². The second-order valence-electron chi connectivity index (χ2n) is 4.30. The van der Waals surface area contributed by atoms with Gasteiger partial charge in [0.25, 0.3) is 0 Å². The number of fused-ring (bicyclic) bond motifs is 1. The third-order valence-electron chi connectivity index (χ3n) is 3.17. The number of rotatable bonds is 4. The molecule has 3 nitrogen and oxygen atoms in total. The van der Waals surface area contributed by atoms with E-state index < -0.39 is 0 Å². The van der Waals surface area contributed by atoms with Crippen LogP contribution in [0, 0.1) is 0 Å². The first-order chi connectivity index (χ1) is 9.31. The lowest BCUT2D eigenvalue weighted by atomic mass is 10.3. The van der Waals surface area contributed by atoms with Gasteiger partial charge in [-0.15, -0.1) is 11.3 Å². The molecule has 0 N–H and O–H groups in total. The fraction of sp³-hybridized carbons (Fsp3) is 0.267. The van der Waals surface area contributed by atoms with E-state index in [-0.39, 0.29) is 0 Å². The molecule has 0 saturated heterocycles. The van der Waals surface area contributed by atoms with Crippen LogP contribution in [0.25, 0.3) is 21.0 Å². The monoisotopic (exact) mass is 272 g/mol. The van der Waals surface area contributed by atoms with E-state index in [4.69, 9.17) is 4.42 Å². The van der Waals surface area contributed by atoms with E-state index in [2.05, 4.69) is 29.8 Å². The Labute approximate surface area is 116 Å². The minimum atomic E-state index is 0.850. The number of benzene rings is 1. The fourth-order valence-electron chi connectivity index (χ4n) is 2.13. The van der Waals surface area contributed by atoms with Crippen molar-refractivity contribution in [2.24, 2.45) is 0 Å². The molecule has 0 atom stereocenters. The molecule has 0 unspecified atom stereocenters. The molecular weight excluding hydrogens is 256 g/mol. The van der Waals surface area contributed by atoms with Crippen LogP contribution in [-0.4, -0.2) is 18.1 Å². The van der Waals surface area contributed by atoms with Gasteiger partial charge in [0, 0.05) is 19.2 Å². The van der Waals surface area contributed by atoms with Crippen molar-refractivity contribution in [3.8, 4) is 10.8 Å². The van der Waals surface area contributed by atoms with Crippen molar-refractivity contribution in [1.82, 2.24) is 4.98 Å². The van der Waals surface area contributed by atoms with Crippen LogP contribution in [0.2, 0.25) is 0 Å². The first-order valence-corrected chi connectivity index (χ1v) is 7.34. The van der Waals surface area contributed by atoms with E-state index in [1.807, 2.05) is 30.3 Å². The summed E-state index contributed by atoms with van der Waals surface area (Å²) in [6.45, 7) is 6.15. The van der Waals surface area contributed by atoms with E-state index in [1.54, 1.807) is 11.3 Å². The molecule has 0 aliphatic carbocycles. The van der Waals surface area contributed by atoms with Crippen molar-refractivity contribution in [2.45, 2.75) is 13.8 Å². The van der Waals surface area contributed by atoms with Gasteiger partial charge >= 0.3 is 0 Å². The molecule has 0 bridgehead atoms. The predicted molar refractivity (Wildman–Crippen MR) is 80.9 cm³/mol. The molecule has 0 saturated carbocycles. The van der Waals surface area contributed by atoms with Crippen molar-refractivity contribution in [1.29, 1.82) is 0 Å². The normalized spacial score (nSPS) is 11.1. The third kappa shape index (κ3) is 2.24. The van der Waals surface area contributed by atoms with Crippen LogP contribution in [0.3, 0.4) is 0 Å². The van der Waals surface area contributed by atoms with Gasteiger partial charge in [0.05, 0.1) is 10.2 Å². The highest BCUT2D eigenvalue weighted by Crippen LogP contribution is 2.33. The van der Waals surface area contributed by atoms with Crippen LogP contribution in [0.1, 0.15) is 13.8 Å². The highest BCUT2D eigenvalue weighted by molar-refractivity contribution is 7.21. The summed E-state index contributed by atoms with van der Waals surface area (Å²) < 4.78 is 7.11. The second-order valence-corrected chi connectivity index (χ2v) is 5.33. The quantitative estimate of drug-likeness (QED) is 0.705. The van der Waals surface area contributed by atoms with Crippen molar-refractivity contribution >= 4 is 27.4 Å². The van der Waals surface area contributed by atoms with E-state index in [0.717, 1.165) is 35.3 Å². The summed E-state index contributed by atoms with van der Waals surface area (Å²) >= 11 is 1.67. The third-order valence-corrected chi connectivity index (χ3v) is 4.22. The van der Waals surface area contributed by atoms with Crippen LogP contribution in [0.15, 0.2) is 40.8 Å². The Hall–Kier alpha value is -1.81. The summed E-state index contributed by atoms with van der Waals surface area (Å²) in [5, 5.41) is 0.944. The molecule has 0 fully saturated rings. The topological polar surface area (TPSA) is 29.3 Å². The molecule has 3 rings (SSSR count). The largest absolute Gasteiger partial charge is 0.438 e. The van der Waals surface area contributed by atoms with Gasteiger partial charge in [0.15, 0.2) is 16.7 Å². The number of aromatic nitrogens is 1. The van der Waals surface area contributed by atoms with Crippen molar-refractivity contribution in [3.63, 3.8) is 0 Å². The Morgan fingerprint density at radius 3 is 2.63 bits per heavy atom. The number of furan rings is 1. The molecule has 3 aromatic rings. The summed E-state index contributed by atoms with van der Waals surface area (Å²) in [5.74, 6) is 1.77. The summed E-state index contributed by atoms with van der Waals surface area (Å²) in [6.07, 6.45) is 0. The first-order valence-electron chi connectivity index (χ1n) is 6.52. The minimum absolute atomic E-state index is 0.850. The molecule has 0 aliphatic heterocycles. The lowest BCUT2D eigenvalue weighted by Crippen LogP contribution is -2.20. The van der Waals surface area contributed by atoms with E-state index in [0.29, 0.717) is 0 Å². The zero-order valence-corrected chi connectivity index (χ0v) is 11.9. The van der Waals surface area contributed by atoms with Crippen molar-refractivity contribution in [2.75, 3.05) is 18.0 Å². The molecule has 0 amide bonds. The first kappa shape index (κ1) is 12.2. The van der Waals surface area contributed by atoms with Gasteiger partial charge in [0.2, 0.25) is 0 Å². The van der Waals surface area contributed by atoms with Gasteiger partial charge < -0.3 is 9.32 Å². The maximum atomic E-state index is 5.92. The molecule has 98 valence electrons. The van der Waals surface area contributed by atoms with Crippen LogP contribution in [0.4, 0.5) is 5.88 Å². The number of anilines is 1. The van der Waals surface area contributed by atoms with Crippen LogP contribution in [-0.2, 0) is 0 Å². The smallest absolute Gasteiger partial charge is 0.196 e. The molecule has 0 radical (unpaired) electrons. The zero-order valence-electron chi connectivity index (χ0n) is 11.1. The van der Waals surface area contributed by atoms with Gasteiger partial charge in [-0.05, 0) is 32.0 Å². The van der Waals surface area contributed by atoms with E-state index >= 15 is 0 Å². The average Bonchev–Trinajstić information content (AvgIpc) is 3.06. The zero-order chi connectivity index (χ0) is 13.2. The lowest BCUT2D eigenvalue weighted by Gasteiger charge is -2.16. The Morgan fingerprint density at radius 2 is 1.89 bits per heavy atom. The van der Waals surface area contributed by atoms with Crippen molar-refractivity contribution in [3.05, 3.63) is 36.4 Å². The number of para-hydroxylation sites is 1. The summed E-state index contributed by atoms with van der Waals surface area (Å²) in [5.41, 5.74) is 1.03. The Morgan fingerprint density at radius 1 is 1.11 bits per heavy atom. The van der Waals surface area contributed by atoms with Crippen LogP contribution >= 0.6 is 11.3 Å². The molecule has 2 aromatic heterocycles. The Bertz CT molecular complexity index is 649. The predicted octanol–water partition coefficient (Wildman–Crippen LogP) is 4.40. The molecule has 0 aliphatic rings. The molecule has 0 spiro atoms. The van der Waals surface area contributed by atoms with Gasteiger partial charge in [-0.25, -0.2) is 4.98 Å².